The number of nitrogens with zero attached hydrogens (tertiary/aromatic N) is 2. The molecule has 0 bridgehead atoms. The molecule has 0 amide bonds. The first-order chi connectivity index (χ1) is 10.3. The Kier molecular flexibility index (Phi) is 9.67. The Morgan fingerprint density at radius 1 is 1.30 bits per heavy atom. The highest BCUT2D eigenvalue weighted by Gasteiger charge is 2.29. The Labute approximate surface area is 156 Å². The zero-order valence-corrected chi connectivity index (χ0v) is 17.3. The van der Waals surface area contributed by atoms with Crippen molar-refractivity contribution in [3.63, 3.8) is 0 Å². The number of rotatable bonds is 7. The molecule has 1 aromatic rings. The Bertz CT molecular complexity index is 589. The summed E-state index contributed by atoms with van der Waals surface area (Å²) in [6, 6.07) is 5.81. The maximum atomic E-state index is 11.7. The number of pyridine rings is 1. The van der Waals surface area contributed by atoms with Gasteiger partial charge >= 0.3 is 0 Å². The molecule has 6 nitrogen and oxygen atoms in total. The Morgan fingerprint density at radius 2 is 2.00 bits per heavy atom. The minimum Gasteiger partial charge on any atom is -0.357 e. The quantitative estimate of drug-likeness (QED) is 0.372. The fraction of sp³-hybridized carbons (Fsp3) is 0.600. The van der Waals surface area contributed by atoms with Crippen LogP contribution in [-0.2, 0) is 16.3 Å². The van der Waals surface area contributed by atoms with E-state index in [1.165, 1.54) is 6.26 Å². The van der Waals surface area contributed by atoms with Gasteiger partial charge in [0.25, 0.3) is 0 Å². The number of halogens is 1. The van der Waals surface area contributed by atoms with Crippen LogP contribution in [0.15, 0.2) is 29.4 Å². The van der Waals surface area contributed by atoms with Crippen molar-refractivity contribution in [1.29, 1.82) is 0 Å². The lowest BCUT2D eigenvalue weighted by molar-refractivity contribution is 0.554. The van der Waals surface area contributed by atoms with Crippen LogP contribution in [0.4, 0.5) is 0 Å². The van der Waals surface area contributed by atoms with Gasteiger partial charge in [-0.25, -0.2) is 8.42 Å². The molecule has 1 heterocycles. The molecule has 2 N–H and O–H groups in total. The van der Waals surface area contributed by atoms with Gasteiger partial charge in [-0.3, -0.25) is 9.98 Å². The molecule has 0 unspecified atom stereocenters. The molecular formula is C15H27IN4O2S. The number of nitrogens with one attached hydrogen (secondary N) is 2. The van der Waals surface area contributed by atoms with E-state index in [1.807, 2.05) is 25.1 Å². The lowest BCUT2D eigenvalue weighted by Crippen LogP contribution is -2.41. The standard InChI is InChI=1S/C15H26N4O2S.HI/c1-5-16-14(19-12-15(2,3)22(4,20)21)18-11-9-13-8-6-7-10-17-13;/h6-8,10H,5,9,11-12H2,1-4H3,(H2,16,18,19);1H. The molecule has 0 fully saturated rings. The first-order valence-corrected chi connectivity index (χ1v) is 9.27. The zero-order chi connectivity index (χ0) is 16.6. The fourth-order valence-electron chi connectivity index (χ4n) is 1.58. The summed E-state index contributed by atoms with van der Waals surface area (Å²) >= 11 is 0. The van der Waals surface area contributed by atoms with Gasteiger partial charge in [0, 0.05) is 37.7 Å². The molecular weight excluding hydrogens is 427 g/mol. The largest absolute Gasteiger partial charge is 0.357 e. The summed E-state index contributed by atoms with van der Waals surface area (Å²) in [5.74, 6) is 0.621. The van der Waals surface area contributed by atoms with Crippen LogP contribution in [-0.4, -0.2) is 50.0 Å². The molecule has 0 radical (unpaired) electrons. The summed E-state index contributed by atoms with van der Waals surface area (Å²) in [5.41, 5.74) is 1.00. The van der Waals surface area contributed by atoms with Crippen LogP contribution in [0.2, 0.25) is 0 Å². The van der Waals surface area contributed by atoms with Crippen LogP contribution in [0.3, 0.4) is 0 Å². The summed E-state index contributed by atoms with van der Waals surface area (Å²) in [6.07, 6.45) is 3.79. The van der Waals surface area contributed by atoms with Gasteiger partial charge in [-0.15, -0.1) is 24.0 Å². The number of hydrogen-bond acceptors (Lipinski definition) is 4. The van der Waals surface area contributed by atoms with Gasteiger partial charge in [0.05, 0.1) is 11.3 Å². The lowest BCUT2D eigenvalue weighted by atomic mass is 10.2. The molecule has 23 heavy (non-hydrogen) atoms. The van der Waals surface area contributed by atoms with E-state index >= 15 is 0 Å². The zero-order valence-electron chi connectivity index (χ0n) is 14.2. The van der Waals surface area contributed by atoms with E-state index in [0.29, 0.717) is 19.0 Å². The smallest absolute Gasteiger partial charge is 0.191 e. The van der Waals surface area contributed by atoms with Gasteiger partial charge < -0.3 is 10.6 Å². The highest BCUT2D eigenvalue weighted by Crippen LogP contribution is 2.15. The molecule has 0 saturated carbocycles. The molecule has 0 atom stereocenters. The van der Waals surface area contributed by atoms with Gasteiger partial charge in [0.15, 0.2) is 15.8 Å². The summed E-state index contributed by atoms with van der Waals surface area (Å²) in [6.45, 7) is 6.95. The maximum absolute atomic E-state index is 11.7. The van der Waals surface area contributed by atoms with Crippen LogP contribution in [0.25, 0.3) is 0 Å². The van der Waals surface area contributed by atoms with Crippen LogP contribution >= 0.6 is 24.0 Å². The average molecular weight is 454 g/mol. The van der Waals surface area contributed by atoms with E-state index in [9.17, 15) is 8.42 Å². The van der Waals surface area contributed by atoms with Gasteiger partial charge in [-0.05, 0) is 32.9 Å². The first kappa shape index (κ1) is 22.1. The Balaban J connectivity index is 0.00000484. The van der Waals surface area contributed by atoms with E-state index in [4.69, 9.17) is 0 Å². The van der Waals surface area contributed by atoms with Crippen molar-refractivity contribution in [2.45, 2.75) is 31.9 Å². The van der Waals surface area contributed by atoms with Crippen LogP contribution in [0.5, 0.6) is 0 Å². The monoisotopic (exact) mass is 454 g/mol. The summed E-state index contributed by atoms with van der Waals surface area (Å²) in [7, 11) is -3.15. The third kappa shape index (κ3) is 7.96. The number of guanidine groups is 1. The van der Waals surface area contributed by atoms with Crippen molar-refractivity contribution in [2.75, 3.05) is 25.9 Å². The van der Waals surface area contributed by atoms with Gasteiger partial charge in [0.2, 0.25) is 0 Å². The van der Waals surface area contributed by atoms with E-state index in [-0.39, 0.29) is 30.5 Å². The third-order valence-electron chi connectivity index (χ3n) is 3.37. The molecule has 0 saturated heterocycles. The molecule has 0 aliphatic rings. The van der Waals surface area contributed by atoms with Crippen molar-refractivity contribution >= 4 is 39.8 Å². The van der Waals surface area contributed by atoms with Gasteiger partial charge in [-0.1, -0.05) is 6.07 Å². The molecule has 132 valence electrons. The molecule has 0 aliphatic heterocycles. The average Bonchev–Trinajstić information content (AvgIpc) is 2.45. The predicted molar refractivity (Wildman–Crippen MR) is 106 cm³/mol. The van der Waals surface area contributed by atoms with Gasteiger partial charge in [-0.2, -0.15) is 0 Å². The molecule has 0 aliphatic carbocycles. The van der Waals surface area contributed by atoms with Crippen LogP contribution in [0.1, 0.15) is 26.5 Å². The predicted octanol–water partition coefficient (Wildman–Crippen LogP) is 1.62. The third-order valence-corrected chi connectivity index (χ3v) is 5.50. The number of aliphatic imine (C=N–C) groups is 1. The van der Waals surface area contributed by atoms with Crippen molar-refractivity contribution in [1.82, 2.24) is 15.6 Å². The minimum atomic E-state index is -3.15. The number of hydrogen-bond donors (Lipinski definition) is 2. The summed E-state index contributed by atoms with van der Waals surface area (Å²) in [5, 5.41) is 6.31. The molecule has 8 heteroatoms. The van der Waals surface area contributed by atoms with E-state index in [0.717, 1.165) is 12.1 Å². The normalized spacial score (nSPS) is 12.4. The van der Waals surface area contributed by atoms with Crippen molar-refractivity contribution in [3.8, 4) is 0 Å². The SMILES string of the molecule is CCNC(=NCC(C)(C)S(C)(=O)=O)NCCc1ccccn1.I. The van der Waals surface area contributed by atoms with Crippen molar-refractivity contribution in [3.05, 3.63) is 30.1 Å². The van der Waals surface area contributed by atoms with Gasteiger partial charge in [0.1, 0.15) is 0 Å². The first-order valence-electron chi connectivity index (χ1n) is 7.38. The molecule has 1 aromatic heterocycles. The Hall–Kier alpha value is -0.900. The number of aromatic nitrogens is 1. The summed E-state index contributed by atoms with van der Waals surface area (Å²) in [4.78, 5) is 8.64. The van der Waals surface area contributed by atoms with Crippen molar-refractivity contribution < 1.29 is 8.42 Å². The highest BCUT2D eigenvalue weighted by molar-refractivity contribution is 14.0. The molecule has 1 rings (SSSR count). The minimum absolute atomic E-state index is 0. The highest BCUT2D eigenvalue weighted by atomic mass is 127. The Morgan fingerprint density at radius 3 is 2.52 bits per heavy atom. The topological polar surface area (TPSA) is 83.5 Å². The van der Waals surface area contributed by atoms with E-state index in [1.54, 1.807) is 20.0 Å². The lowest BCUT2D eigenvalue weighted by Gasteiger charge is -2.21. The van der Waals surface area contributed by atoms with E-state index < -0.39 is 14.6 Å². The van der Waals surface area contributed by atoms with Crippen molar-refractivity contribution in [2.24, 2.45) is 4.99 Å². The molecule has 0 spiro atoms. The second kappa shape index (κ2) is 10.1. The fourth-order valence-corrected chi connectivity index (χ4v) is 1.88. The number of sulfone groups is 1. The summed E-state index contributed by atoms with van der Waals surface area (Å²) < 4.78 is 22.5. The second-order valence-corrected chi connectivity index (χ2v) is 8.37. The molecule has 0 aromatic carbocycles. The van der Waals surface area contributed by atoms with Crippen LogP contribution in [0, 0.1) is 0 Å². The van der Waals surface area contributed by atoms with E-state index in [2.05, 4.69) is 20.6 Å². The second-order valence-electron chi connectivity index (χ2n) is 5.72. The van der Waals surface area contributed by atoms with Crippen LogP contribution < -0.4 is 10.6 Å². The maximum Gasteiger partial charge on any atom is 0.191 e.